The Morgan fingerprint density at radius 1 is 1.38 bits per heavy atom. The molecule has 3 unspecified atom stereocenters. The maximum Gasteiger partial charge on any atom is 0.128 e. The highest BCUT2D eigenvalue weighted by Gasteiger charge is 2.42. The van der Waals surface area contributed by atoms with Crippen LogP contribution in [0.15, 0.2) is 12.1 Å². The zero-order chi connectivity index (χ0) is 15.6. The van der Waals surface area contributed by atoms with Gasteiger partial charge in [0.15, 0.2) is 0 Å². The highest BCUT2D eigenvalue weighted by molar-refractivity contribution is 6.31. The average Bonchev–Trinajstić information content (AvgIpc) is 2.39. The molecule has 0 saturated heterocycles. The van der Waals surface area contributed by atoms with Crippen molar-refractivity contribution in [2.75, 3.05) is 13.7 Å². The third kappa shape index (κ3) is 3.53. The van der Waals surface area contributed by atoms with Crippen LogP contribution < -0.4 is 10.1 Å². The van der Waals surface area contributed by atoms with Gasteiger partial charge in [-0.1, -0.05) is 32.4 Å². The third-order valence-electron chi connectivity index (χ3n) is 4.18. The largest absolute Gasteiger partial charge is 0.487 e. The monoisotopic (exact) mass is 311 g/mol. The molecule has 2 rings (SSSR count). The number of ether oxygens (including phenoxy) is 2. The molecule has 0 heterocycles. The van der Waals surface area contributed by atoms with E-state index in [1.807, 2.05) is 13.0 Å². The van der Waals surface area contributed by atoms with Gasteiger partial charge in [0.05, 0.1) is 0 Å². The van der Waals surface area contributed by atoms with Gasteiger partial charge < -0.3 is 14.8 Å². The molecule has 1 fully saturated rings. The molecule has 1 aromatic rings. The fraction of sp³-hybridized carbons (Fsp3) is 0.647. The number of rotatable bonds is 6. The summed E-state index contributed by atoms with van der Waals surface area (Å²) in [5.41, 5.74) is 2.21. The molecule has 0 aromatic heterocycles. The molecule has 1 aliphatic carbocycles. The van der Waals surface area contributed by atoms with Gasteiger partial charge >= 0.3 is 0 Å². The Bertz CT molecular complexity index is 490. The molecule has 0 radical (unpaired) electrons. The lowest BCUT2D eigenvalue weighted by molar-refractivity contribution is -0.0886. The molecule has 1 saturated carbocycles. The van der Waals surface area contributed by atoms with E-state index in [9.17, 15) is 0 Å². The van der Waals surface area contributed by atoms with Crippen molar-refractivity contribution in [1.29, 1.82) is 0 Å². The van der Waals surface area contributed by atoms with Crippen LogP contribution in [0.4, 0.5) is 0 Å². The van der Waals surface area contributed by atoms with Gasteiger partial charge in [0.25, 0.3) is 0 Å². The van der Waals surface area contributed by atoms with E-state index in [1.54, 1.807) is 7.11 Å². The second-order valence-corrected chi connectivity index (χ2v) is 6.46. The van der Waals surface area contributed by atoms with Gasteiger partial charge in [-0.15, -0.1) is 0 Å². The molecular formula is C17H26ClNO2. The first kappa shape index (κ1) is 16.6. The SMILES string of the molecule is CCNC1CC(Oc2cc(C(C)C)c(Cl)cc2C)C1OC. The maximum absolute atomic E-state index is 6.31. The zero-order valence-corrected chi connectivity index (χ0v) is 14.3. The lowest BCUT2D eigenvalue weighted by Crippen LogP contribution is -2.60. The van der Waals surface area contributed by atoms with Crippen molar-refractivity contribution in [1.82, 2.24) is 5.32 Å². The summed E-state index contributed by atoms with van der Waals surface area (Å²) in [5.74, 6) is 1.31. The van der Waals surface area contributed by atoms with Crippen LogP contribution >= 0.6 is 11.6 Å². The lowest BCUT2D eigenvalue weighted by atomic mass is 9.85. The van der Waals surface area contributed by atoms with Crippen LogP contribution in [0.3, 0.4) is 0 Å². The van der Waals surface area contributed by atoms with E-state index in [1.165, 1.54) is 0 Å². The van der Waals surface area contributed by atoms with E-state index in [2.05, 4.69) is 32.2 Å². The molecule has 0 spiro atoms. The minimum Gasteiger partial charge on any atom is -0.487 e. The van der Waals surface area contributed by atoms with Crippen LogP contribution in [0, 0.1) is 6.92 Å². The quantitative estimate of drug-likeness (QED) is 0.864. The van der Waals surface area contributed by atoms with Crippen molar-refractivity contribution in [3.8, 4) is 5.75 Å². The number of nitrogens with one attached hydrogen (secondary N) is 1. The third-order valence-corrected chi connectivity index (χ3v) is 4.51. The summed E-state index contributed by atoms with van der Waals surface area (Å²) in [7, 11) is 1.75. The van der Waals surface area contributed by atoms with Gasteiger partial charge in [0.1, 0.15) is 18.0 Å². The van der Waals surface area contributed by atoms with E-state index < -0.39 is 0 Å². The predicted octanol–water partition coefficient (Wildman–Crippen LogP) is 3.92. The van der Waals surface area contributed by atoms with E-state index in [-0.39, 0.29) is 12.2 Å². The smallest absolute Gasteiger partial charge is 0.128 e. The second kappa shape index (κ2) is 6.99. The minimum atomic E-state index is 0.110. The number of hydrogen-bond donors (Lipinski definition) is 1. The van der Waals surface area contributed by atoms with Crippen LogP contribution in [0.2, 0.25) is 5.02 Å². The second-order valence-electron chi connectivity index (χ2n) is 6.05. The molecule has 0 aliphatic heterocycles. The lowest BCUT2D eigenvalue weighted by Gasteiger charge is -2.43. The van der Waals surface area contributed by atoms with E-state index in [4.69, 9.17) is 21.1 Å². The van der Waals surface area contributed by atoms with Crippen molar-refractivity contribution in [3.05, 3.63) is 28.3 Å². The van der Waals surface area contributed by atoms with Crippen LogP contribution in [-0.2, 0) is 4.74 Å². The number of aryl methyl sites for hydroxylation is 1. The summed E-state index contributed by atoms with van der Waals surface area (Å²) in [5, 5.41) is 4.24. The van der Waals surface area contributed by atoms with Crippen molar-refractivity contribution in [2.45, 2.75) is 58.3 Å². The summed E-state index contributed by atoms with van der Waals surface area (Å²) in [6.45, 7) is 9.38. The predicted molar refractivity (Wildman–Crippen MR) is 87.6 cm³/mol. The fourth-order valence-electron chi connectivity index (χ4n) is 2.88. The normalized spacial score (nSPS) is 25.0. The molecule has 4 heteroatoms. The standard InChI is InChI=1S/C17H26ClNO2/c1-6-19-14-9-16(17(14)20-5)21-15-8-12(10(2)3)13(18)7-11(15)4/h7-8,10,14,16-17,19H,6,9H2,1-5H3. The van der Waals surface area contributed by atoms with Crippen LogP contribution in [0.5, 0.6) is 5.75 Å². The molecule has 3 nitrogen and oxygen atoms in total. The van der Waals surface area contributed by atoms with Gasteiger partial charge in [-0.2, -0.15) is 0 Å². The summed E-state index contributed by atoms with van der Waals surface area (Å²) in [4.78, 5) is 0. The molecule has 21 heavy (non-hydrogen) atoms. The number of methoxy groups -OCH3 is 1. The van der Waals surface area contributed by atoms with Gasteiger partial charge in [0, 0.05) is 24.6 Å². The first-order valence-electron chi connectivity index (χ1n) is 7.70. The Morgan fingerprint density at radius 3 is 2.67 bits per heavy atom. The summed E-state index contributed by atoms with van der Waals surface area (Å²) in [6.07, 6.45) is 1.20. The number of likely N-dealkylation sites (N-methyl/N-ethyl adjacent to an activating group) is 1. The molecule has 1 N–H and O–H groups in total. The molecule has 1 aromatic carbocycles. The maximum atomic E-state index is 6.31. The number of benzene rings is 1. The molecule has 0 amide bonds. The molecule has 0 bridgehead atoms. The highest BCUT2D eigenvalue weighted by atomic mass is 35.5. The Morgan fingerprint density at radius 2 is 2.10 bits per heavy atom. The van der Waals surface area contributed by atoms with Crippen molar-refractivity contribution < 1.29 is 9.47 Å². The van der Waals surface area contributed by atoms with Crippen molar-refractivity contribution >= 4 is 11.6 Å². The van der Waals surface area contributed by atoms with Crippen molar-refractivity contribution in [2.24, 2.45) is 0 Å². The number of hydrogen-bond acceptors (Lipinski definition) is 3. The van der Waals surface area contributed by atoms with E-state index >= 15 is 0 Å². The fourth-order valence-corrected chi connectivity index (χ4v) is 3.31. The Kier molecular flexibility index (Phi) is 5.53. The zero-order valence-electron chi connectivity index (χ0n) is 13.6. The average molecular weight is 312 g/mol. The van der Waals surface area contributed by atoms with Crippen LogP contribution in [0.25, 0.3) is 0 Å². The van der Waals surface area contributed by atoms with Crippen molar-refractivity contribution in [3.63, 3.8) is 0 Å². The van der Waals surface area contributed by atoms with Gasteiger partial charge in [-0.3, -0.25) is 0 Å². The highest BCUT2D eigenvalue weighted by Crippen LogP contribution is 2.35. The van der Waals surface area contributed by atoms with E-state index in [0.29, 0.717) is 12.0 Å². The van der Waals surface area contributed by atoms with E-state index in [0.717, 1.165) is 34.9 Å². The van der Waals surface area contributed by atoms with Crippen LogP contribution in [-0.4, -0.2) is 31.9 Å². The summed E-state index contributed by atoms with van der Waals surface area (Å²) >= 11 is 6.31. The van der Waals surface area contributed by atoms with Crippen LogP contribution in [0.1, 0.15) is 44.2 Å². The Balaban J connectivity index is 2.11. The summed E-state index contributed by atoms with van der Waals surface area (Å²) < 4.78 is 11.7. The van der Waals surface area contributed by atoms with Gasteiger partial charge in [0.2, 0.25) is 0 Å². The number of halogens is 1. The van der Waals surface area contributed by atoms with Gasteiger partial charge in [-0.25, -0.2) is 0 Å². The van der Waals surface area contributed by atoms with Gasteiger partial charge in [-0.05, 0) is 42.6 Å². The first-order chi connectivity index (χ1) is 9.97. The Hall–Kier alpha value is -0.770. The summed E-state index contributed by atoms with van der Waals surface area (Å²) in [6, 6.07) is 4.46. The molecule has 1 aliphatic rings. The molecule has 118 valence electrons. The topological polar surface area (TPSA) is 30.5 Å². The Labute approximate surface area is 133 Å². The minimum absolute atomic E-state index is 0.110. The molecule has 3 atom stereocenters. The first-order valence-corrected chi connectivity index (χ1v) is 8.08. The molecular weight excluding hydrogens is 286 g/mol.